The Balaban J connectivity index is 1.45. The number of nitrogens with one attached hydrogen (secondary N) is 1. The molecule has 6 nitrogen and oxygen atoms in total. The highest BCUT2D eigenvalue weighted by Crippen LogP contribution is 2.52. The maximum absolute atomic E-state index is 12.1. The van der Waals surface area contributed by atoms with Gasteiger partial charge in [-0.15, -0.1) is 0 Å². The average molecular weight is 370 g/mol. The van der Waals surface area contributed by atoms with E-state index in [9.17, 15) is 4.79 Å². The molecule has 2 aliphatic carbocycles. The number of anilines is 2. The van der Waals surface area contributed by atoms with Crippen molar-refractivity contribution in [2.45, 2.75) is 59.3 Å². The van der Waals surface area contributed by atoms with Crippen molar-refractivity contribution in [1.82, 2.24) is 9.97 Å². The molecular formula is C21H31N5O. The first kappa shape index (κ1) is 18.3. The number of allylic oxidation sites excluding steroid dienone is 2. The van der Waals surface area contributed by atoms with Crippen LogP contribution in [0.1, 0.15) is 59.3 Å². The van der Waals surface area contributed by atoms with Crippen LogP contribution in [0.5, 0.6) is 0 Å². The van der Waals surface area contributed by atoms with Crippen LogP contribution in [0.15, 0.2) is 23.7 Å². The largest absolute Gasteiger partial charge is 0.369 e. The summed E-state index contributed by atoms with van der Waals surface area (Å²) in [5, 5.41) is 3.48. The zero-order valence-corrected chi connectivity index (χ0v) is 16.7. The van der Waals surface area contributed by atoms with Gasteiger partial charge in [0.2, 0.25) is 11.9 Å². The molecule has 1 aromatic rings. The lowest BCUT2D eigenvalue weighted by Crippen LogP contribution is -2.38. The Kier molecular flexibility index (Phi) is 4.40. The number of hydrogen-bond acceptors (Lipinski definition) is 5. The zero-order chi connectivity index (χ0) is 19.2. The number of amides is 1. The Morgan fingerprint density at radius 1 is 1.22 bits per heavy atom. The summed E-state index contributed by atoms with van der Waals surface area (Å²) in [7, 11) is 0. The molecular weight excluding hydrogens is 338 g/mol. The van der Waals surface area contributed by atoms with Gasteiger partial charge in [-0.1, -0.05) is 20.8 Å². The third kappa shape index (κ3) is 3.54. The lowest BCUT2D eigenvalue weighted by Gasteiger charge is -2.36. The molecule has 1 aliphatic heterocycles. The van der Waals surface area contributed by atoms with Crippen molar-refractivity contribution >= 4 is 17.5 Å². The number of piperidine rings is 1. The van der Waals surface area contributed by atoms with E-state index in [-0.39, 0.29) is 5.91 Å². The monoisotopic (exact) mass is 369 g/mol. The number of nitrogens with zero attached hydrogens (tertiary/aromatic N) is 3. The molecule has 1 aromatic heterocycles. The van der Waals surface area contributed by atoms with Gasteiger partial charge in [0.05, 0.1) is 23.5 Å². The van der Waals surface area contributed by atoms with Gasteiger partial charge in [0, 0.05) is 25.2 Å². The molecule has 146 valence electrons. The van der Waals surface area contributed by atoms with Gasteiger partial charge in [0.1, 0.15) is 0 Å². The van der Waals surface area contributed by atoms with E-state index < -0.39 is 5.41 Å². The fraction of sp³-hybridized carbons (Fsp3) is 0.667. The minimum Gasteiger partial charge on any atom is -0.369 e. The first-order chi connectivity index (χ1) is 12.8. The van der Waals surface area contributed by atoms with Gasteiger partial charge in [-0.05, 0) is 49.0 Å². The summed E-state index contributed by atoms with van der Waals surface area (Å²) >= 11 is 0. The number of hydrogen-bond donors (Lipinski definition) is 2. The van der Waals surface area contributed by atoms with Crippen molar-refractivity contribution in [2.24, 2.45) is 22.5 Å². The van der Waals surface area contributed by atoms with E-state index in [1.165, 1.54) is 18.4 Å². The lowest BCUT2D eigenvalue weighted by atomic mass is 9.71. The van der Waals surface area contributed by atoms with E-state index in [2.05, 4.69) is 41.0 Å². The van der Waals surface area contributed by atoms with Crippen LogP contribution in [-0.4, -0.2) is 29.0 Å². The molecule has 2 bridgehead atoms. The van der Waals surface area contributed by atoms with E-state index in [0.29, 0.717) is 17.8 Å². The molecule has 3 N–H and O–H groups in total. The highest BCUT2D eigenvalue weighted by Gasteiger charge is 2.48. The molecule has 4 rings (SSSR count). The van der Waals surface area contributed by atoms with Gasteiger partial charge in [-0.2, -0.15) is 0 Å². The second-order valence-corrected chi connectivity index (χ2v) is 9.64. The molecule has 1 amide bonds. The Morgan fingerprint density at radius 3 is 2.52 bits per heavy atom. The second-order valence-electron chi connectivity index (χ2n) is 9.64. The van der Waals surface area contributed by atoms with E-state index >= 15 is 0 Å². The normalized spacial score (nSPS) is 29.7. The quantitative estimate of drug-likeness (QED) is 0.849. The van der Waals surface area contributed by atoms with E-state index in [0.717, 1.165) is 49.7 Å². The molecule has 2 atom stereocenters. The van der Waals surface area contributed by atoms with Crippen LogP contribution >= 0.6 is 0 Å². The van der Waals surface area contributed by atoms with Gasteiger partial charge in [-0.3, -0.25) is 4.79 Å². The van der Waals surface area contributed by atoms with Crippen molar-refractivity contribution in [1.29, 1.82) is 0 Å². The maximum atomic E-state index is 12.1. The fourth-order valence-electron chi connectivity index (χ4n) is 4.98. The number of carbonyl (C=O) groups is 1. The summed E-state index contributed by atoms with van der Waals surface area (Å²) < 4.78 is 0. The van der Waals surface area contributed by atoms with Gasteiger partial charge in [0.15, 0.2) is 0 Å². The minimum atomic E-state index is -0.392. The lowest BCUT2D eigenvalue weighted by molar-refractivity contribution is -0.128. The summed E-state index contributed by atoms with van der Waals surface area (Å²) in [4.78, 5) is 23.5. The molecule has 6 heteroatoms. The summed E-state index contributed by atoms with van der Waals surface area (Å²) in [5.74, 6) is 1.14. The molecule has 1 saturated carbocycles. The van der Waals surface area contributed by atoms with E-state index in [4.69, 9.17) is 5.73 Å². The molecule has 3 aliphatic rings. The molecule has 0 aromatic carbocycles. The fourth-order valence-corrected chi connectivity index (χ4v) is 4.98. The van der Waals surface area contributed by atoms with E-state index in [1.807, 2.05) is 12.4 Å². The standard InChI is InChI=1S/C21H31N5O/c1-14-8-15-10-21(9-14,18(22)27)11-17(15)25-16-12-23-19(24-13-16)26-6-4-20(2,3)5-7-26/h12-14,25H,4-11H2,1-3H3,(H2,22,27). The predicted molar refractivity (Wildman–Crippen MR) is 107 cm³/mol. The van der Waals surface area contributed by atoms with Crippen LogP contribution in [0.4, 0.5) is 11.6 Å². The maximum Gasteiger partial charge on any atom is 0.225 e. The second kappa shape index (κ2) is 6.50. The van der Waals surface area contributed by atoms with Gasteiger partial charge >= 0.3 is 0 Å². The smallest absolute Gasteiger partial charge is 0.225 e. The Morgan fingerprint density at radius 2 is 1.89 bits per heavy atom. The van der Waals surface area contributed by atoms with Crippen LogP contribution in [0.2, 0.25) is 0 Å². The average Bonchev–Trinajstić information content (AvgIpc) is 2.87. The van der Waals surface area contributed by atoms with Crippen molar-refractivity contribution in [3.05, 3.63) is 23.7 Å². The number of carbonyl (C=O) groups excluding carboxylic acids is 1. The highest BCUT2D eigenvalue weighted by atomic mass is 16.1. The highest BCUT2D eigenvalue weighted by molar-refractivity contribution is 5.83. The zero-order valence-electron chi connectivity index (χ0n) is 16.7. The minimum absolute atomic E-state index is 0.164. The Labute approximate surface area is 161 Å². The van der Waals surface area contributed by atoms with Gasteiger partial charge in [-0.25, -0.2) is 9.97 Å². The molecule has 2 fully saturated rings. The number of aromatic nitrogens is 2. The molecule has 0 radical (unpaired) electrons. The van der Waals surface area contributed by atoms with Crippen LogP contribution in [0.3, 0.4) is 0 Å². The van der Waals surface area contributed by atoms with Gasteiger partial charge in [0.25, 0.3) is 0 Å². The number of nitrogens with two attached hydrogens (primary N) is 1. The van der Waals surface area contributed by atoms with Crippen LogP contribution in [0.25, 0.3) is 0 Å². The third-order valence-electron chi connectivity index (χ3n) is 6.68. The predicted octanol–water partition coefficient (Wildman–Crippen LogP) is 3.46. The third-order valence-corrected chi connectivity index (χ3v) is 6.68. The van der Waals surface area contributed by atoms with Crippen molar-refractivity contribution in [3.8, 4) is 0 Å². The van der Waals surface area contributed by atoms with Crippen molar-refractivity contribution in [3.63, 3.8) is 0 Å². The SMILES string of the molecule is CC1CC2=C(Nc3cnc(N4CCC(C)(C)CC4)nc3)CC(C(N)=O)(C2)C1. The first-order valence-corrected chi connectivity index (χ1v) is 10.1. The number of rotatable bonds is 4. The molecule has 1 saturated heterocycles. The van der Waals surface area contributed by atoms with E-state index in [1.54, 1.807) is 0 Å². The topological polar surface area (TPSA) is 84.1 Å². The van der Waals surface area contributed by atoms with Gasteiger partial charge < -0.3 is 16.0 Å². The summed E-state index contributed by atoms with van der Waals surface area (Å²) in [6.07, 6.45) is 9.50. The molecule has 2 unspecified atom stereocenters. The summed E-state index contributed by atoms with van der Waals surface area (Å²) in [6.45, 7) is 8.87. The van der Waals surface area contributed by atoms with Crippen LogP contribution in [0, 0.1) is 16.7 Å². The summed E-state index contributed by atoms with van der Waals surface area (Å²) in [5.41, 5.74) is 9.16. The van der Waals surface area contributed by atoms with Crippen LogP contribution < -0.4 is 16.0 Å². The summed E-state index contributed by atoms with van der Waals surface area (Å²) in [6, 6.07) is 0. The number of fused-ring (bicyclic) bond motifs is 2. The van der Waals surface area contributed by atoms with Crippen LogP contribution in [-0.2, 0) is 4.79 Å². The first-order valence-electron chi connectivity index (χ1n) is 10.1. The Hall–Kier alpha value is -2.11. The Bertz CT molecular complexity index is 759. The number of primary amides is 1. The molecule has 27 heavy (non-hydrogen) atoms. The van der Waals surface area contributed by atoms with Crippen molar-refractivity contribution < 1.29 is 4.79 Å². The molecule has 0 spiro atoms. The molecule has 2 heterocycles. The van der Waals surface area contributed by atoms with Crippen molar-refractivity contribution in [2.75, 3.05) is 23.3 Å².